The van der Waals surface area contributed by atoms with Gasteiger partial charge in [0.2, 0.25) is 11.8 Å². The highest BCUT2D eigenvalue weighted by Crippen LogP contribution is 2.29. The first-order valence-electron chi connectivity index (χ1n) is 8.58. The van der Waals surface area contributed by atoms with Crippen molar-refractivity contribution < 1.29 is 19.1 Å². The highest BCUT2D eigenvalue weighted by atomic mass is 16.5. The van der Waals surface area contributed by atoms with Crippen LogP contribution in [0.1, 0.15) is 31.0 Å². The molecule has 0 heterocycles. The van der Waals surface area contributed by atoms with E-state index >= 15 is 0 Å². The molecule has 27 heavy (non-hydrogen) atoms. The Bertz CT molecular complexity index is 816. The molecule has 1 unspecified atom stereocenters. The largest absolute Gasteiger partial charge is 0.493 e. The molecule has 0 spiro atoms. The molecule has 1 atom stereocenters. The van der Waals surface area contributed by atoms with Crippen LogP contribution in [-0.2, 0) is 9.59 Å². The van der Waals surface area contributed by atoms with Crippen LogP contribution in [0, 0.1) is 0 Å². The van der Waals surface area contributed by atoms with Crippen molar-refractivity contribution in [3.05, 3.63) is 65.7 Å². The lowest BCUT2D eigenvalue weighted by Crippen LogP contribution is -2.36. The van der Waals surface area contributed by atoms with Crippen LogP contribution in [0.5, 0.6) is 11.5 Å². The van der Waals surface area contributed by atoms with Gasteiger partial charge in [0.25, 0.3) is 0 Å². The van der Waals surface area contributed by atoms with Crippen molar-refractivity contribution >= 4 is 17.9 Å². The summed E-state index contributed by atoms with van der Waals surface area (Å²) >= 11 is 0. The summed E-state index contributed by atoms with van der Waals surface area (Å²) in [6.07, 6.45) is 2.99. The second-order valence-corrected chi connectivity index (χ2v) is 6.16. The molecule has 0 bridgehead atoms. The maximum absolute atomic E-state index is 12.2. The zero-order valence-electron chi connectivity index (χ0n) is 15.6. The molecule has 0 fully saturated rings. The SMILES string of the molecule is COc1cc(/C=C/C(=O)NC(C(N)=O)c2ccccc2)ccc1OC(C)C. The molecule has 2 aromatic carbocycles. The smallest absolute Gasteiger partial charge is 0.244 e. The zero-order valence-corrected chi connectivity index (χ0v) is 15.6. The number of rotatable bonds is 8. The molecule has 2 amide bonds. The fourth-order valence-corrected chi connectivity index (χ4v) is 2.47. The summed E-state index contributed by atoms with van der Waals surface area (Å²) in [4.78, 5) is 23.9. The van der Waals surface area contributed by atoms with Crippen molar-refractivity contribution in [3.8, 4) is 11.5 Å². The van der Waals surface area contributed by atoms with Crippen LogP contribution in [0.4, 0.5) is 0 Å². The van der Waals surface area contributed by atoms with E-state index in [4.69, 9.17) is 15.2 Å². The fourth-order valence-electron chi connectivity index (χ4n) is 2.47. The summed E-state index contributed by atoms with van der Waals surface area (Å²) in [5.74, 6) is 0.154. The summed E-state index contributed by atoms with van der Waals surface area (Å²) in [7, 11) is 1.56. The van der Waals surface area contributed by atoms with E-state index in [0.717, 1.165) is 5.56 Å². The first-order chi connectivity index (χ1) is 12.9. The Morgan fingerprint density at radius 1 is 1.07 bits per heavy atom. The molecule has 142 valence electrons. The number of carbonyl (C=O) groups is 2. The lowest BCUT2D eigenvalue weighted by Gasteiger charge is -2.15. The van der Waals surface area contributed by atoms with Crippen molar-refractivity contribution in [2.45, 2.75) is 26.0 Å². The number of amides is 2. The van der Waals surface area contributed by atoms with Gasteiger partial charge in [-0.1, -0.05) is 36.4 Å². The van der Waals surface area contributed by atoms with E-state index in [1.165, 1.54) is 6.08 Å². The van der Waals surface area contributed by atoms with Gasteiger partial charge in [0.15, 0.2) is 11.5 Å². The van der Waals surface area contributed by atoms with Crippen molar-refractivity contribution in [3.63, 3.8) is 0 Å². The Balaban J connectivity index is 2.10. The third kappa shape index (κ3) is 5.88. The Kier molecular flexibility index (Phi) is 7.00. The van der Waals surface area contributed by atoms with E-state index in [-0.39, 0.29) is 6.10 Å². The van der Waals surface area contributed by atoms with Crippen molar-refractivity contribution in [1.29, 1.82) is 0 Å². The van der Waals surface area contributed by atoms with Crippen LogP contribution in [0.25, 0.3) is 6.08 Å². The number of carbonyl (C=O) groups excluding carboxylic acids is 2. The number of hydrogen-bond donors (Lipinski definition) is 2. The number of benzene rings is 2. The Labute approximate surface area is 159 Å². The van der Waals surface area contributed by atoms with Gasteiger partial charge >= 0.3 is 0 Å². The number of ether oxygens (including phenoxy) is 2. The van der Waals surface area contributed by atoms with Gasteiger partial charge < -0.3 is 20.5 Å². The number of nitrogens with one attached hydrogen (secondary N) is 1. The lowest BCUT2D eigenvalue weighted by molar-refractivity contribution is -0.125. The minimum atomic E-state index is -0.889. The topological polar surface area (TPSA) is 90.6 Å². The molecule has 0 saturated heterocycles. The molecular weight excluding hydrogens is 344 g/mol. The molecule has 0 radical (unpaired) electrons. The van der Waals surface area contributed by atoms with E-state index in [0.29, 0.717) is 17.1 Å². The maximum atomic E-state index is 12.2. The number of methoxy groups -OCH3 is 1. The molecule has 3 N–H and O–H groups in total. The van der Waals surface area contributed by atoms with E-state index in [1.54, 1.807) is 49.6 Å². The van der Waals surface area contributed by atoms with Gasteiger partial charge in [-0.2, -0.15) is 0 Å². The minimum Gasteiger partial charge on any atom is -0.493 e. The highest BCUT2D eigenvalue weighted by molar-refractivity contribution is 5.95. The Hall–Kier alpha value is -3.28. The second kappa shape index (κ2) is 9.43. The van der Waals surface area contributed by atoms with Crippen LogP contribution in [0.2, 0.25) is 0 Å². The number of hydrogen-bond acceptors (Lipinski definition) is 4. The van der Waals surface area contributed by atoms with Gasteiger partial charge in [-0.15, -0.1) is 0 Å². The minimum absolute atomic E-state index is 0.0230. The van der Waals surface area contributed by atoms with Gasteiger partial charge in [-0.25, -0.2) is 0 Å². The van der Waals surface area contributed by atoms with Gasteiger partial charge in [0.05, 0.1) is 13.2 Å². The average Bonchev–Trinajstić information content (AvgIpc) is 2.65. The van der Waals surface area contributed by atoms with Crippen LogP contribution < -0.4 is 20.5 Å². The Morgan fingerprint density at radius 2 is 1.78 bits per heavy atom. The third-order valence-electron chi connectivity index (χ3n) is 3.68. The predicted molar refractivity (Wildman–Crippen MR) is 104 cm³/mol. The summed E-state index contributed by atoms with van der Waals surface area (Å²) in [5.41, 5.74) is 6.80. The standard InChI is InChI=1S/C21H24N2O4/c1-14(2)27-17-11-9-15(13-18(17)26-3)10-12-19(24)23-20(21(22)25)16-7-5-4-6-8-16/h4-14,20H,1-3H3,(H2,22,25)(H,23,24)/b12-10+. The van der Waals surface area contributed by atoms with Crippen LogP contribution in [0.3, 0.4) is 0 Å². The summed E-state index contributed by atoms with van der Waals surface area (Å²) in [5, 5.41) is 2.61. The van der Waals surface area contributed by atoms with Crippen LogP contribution in [-0.4, -0.2) is 25.0 Å². The highest BCUT2D eigenvalue weighted by Gasteiger charge is 2.18. The first kappa shape index (κ1) is 20.0. The first-order valence-corrected chi connectivity index (χ1v) is 8.58. The fraction of sp³-hybridized carbons (Fsp3) is 0.238. The predicted octanol–water partition coefficient (Wildman–Crippen LogP) is 2.84. The van der Waals surface area contributed by atoms with Gasteiger partial charge in [0.1, 0.15) is 6.04 Å². The quantitative estimate of drug-likeness (QED) is 0.701. The van der Waals surface area contributed by atoms with Gasteiger partial charge in [-0.3, -0.25) is 9.59 Å². The molecule has 6 heteroatoms. The molecular formula is C21H24N2O4. The van der Waals surface area contributed by atoms with Crippen molar-refractivity contribution in [2.75, 3.05) is 7.11 Å². The van der Waals surface area contributed by atoms with Gasteiger partial charge in [-0.05, 0) is 43.2 Å². The van der Waals surface area contributed by atoms with Crippen LogP contribution in [0.15, 0.2) is 54.6 Å². The number of nitrogens with two attached hydrogens (primary N) is 1. The molecule has 2 aromatic rings. The zero-order chi connectivity index (χ0) is 19.8. The molecule has 0 saturated carbocycles. The van der Waals surface area contributed by atoms with Crippen LogP contribution >= 0.6 is 0 Å². The lowest BCUT2D eigenvalue weighted by atomic mass is 10.1. The molecule has 2 rings (SSSR count). The van der Waals surface area contributed by atoms with E-state index in [9.17, 15) is 9.59 Å². The van der Waals surface area contributed by atoms with E-state index in [1.807, 2.05) is 26.0 Å². The summed E-state index contributed by atoms with van der Waals surface area (Å²) in [6.45, 7) is 3.86. The monoisotopic (exact) mass is 368 g/mol. The maximum Gasteiger partial charge on any atom is 0.244 e. The van der Waals surface area contributed by atoms with E-state index in [2.05, 4.69) is 5.32 Å². The normalized spacial score (nSPS) is 12.0. The third-order valence-corrected chi connectivity index (χ3v) is 3.68. The molecule has 0 aliphatic heterocycles. The van der Waals surface area contributed by atoms with Crippen molar-refractivity contribution in [2.24, 2.45) is 5.73 Å². The van der Waals surface area contributed by atoms with E-state index < -0.39 is 17.9 Å². The second-order valence-electron chi connectivity index (χ2n) is 6.16. The van der Waals surface area contributed by atoms with Crippen molar-refractivity contribution in [1.82, 2.24) is 5.32 Å². The molecule has 0 aliphatic carbocycles. The summed E-state index contributed by atoms with van der Waals surface area (Å²) < 4.78 is 11.0. The molecule has 6 nitrogen and oxygen atoms in total. The molecule has 0 aliphatic rings. The number of primary amides is 1. The summed E-state index contributed by atoms with van der Waals surface area (Å²) in [6, 6.07) is 13.3. The average molecular weight is 368 g/mol. The molecule has 0 aromatic heterocycles. The van der Waals surface area contributed by atoms with Gasteiger partial charge in [0, 0.05) is 6.08 Å². The Morgan fingerprint density at radius 3 is 2.37 bits per heavy atom.